The van der Waals surface area contributed by atoms with Crippen LogP contribution >= 0.6 is 24.0 Å². The fourth-order valence-corrected chi connectivity index (χ4v) is 2.57. The molecule has 0 saturated heterocycles. The van der Waals surface area contributed by atoms with Gasteiger partial charge in [-0.25, -0.2) is 0 Å². The Labute approximate surface area is 183 Å². The van der Waals surface area contributed by atoms with Crippen LogP contribution in [0.3, 0.4) is 0 Å². The van der Waals surface area contributed by atoms with Gasteiger partial charge in [-0.1, -0.05) is 0 Å². The number of benzene rings is 2. The summed E-state index contributed by atoms with van der Waals surface area (Å²) >= 11 is 0. The number of guanidine groups is 1. The van der Waals surface area contributed by atoms with Gasteiger partial charge in [-0.3, -0.25) is 4.99 Å². The standard InChI is InChI=1S/C20H27N3O4.HI/c1-21-20(22-12-14-6-8-16(24-2)10-18(14)26-4)23-13-15-7-9-17(25-3)11-19(15)27-5;/h6-11H,12-13H2,1-5H3,(H2,21,22,23);1H. The van der Waals surface area contributed by atoms with Crippen molar-refractivity contribution in [3.63, 3.8) is 0 Å². The molecule has 0 amide bonds. The monoisotopic (exact) mass is 501 g/mol. The van der Waals surface area contributed by atoms with Crippen LogP contribution in [0.1, 0.15) is 11.1 Å². The van der Waals surface area contributed by atoms with Gasteiger partial charge in [0.15, 0.2) is 5.96 Å². The number of hydrogen-bond donors (Lipinski definition) is 2. The van der Waals surface area contributed by atoms with Crippen molar-refractivity contribution in [2.45, 2.75) is 13.1 Å². The maximum absolute atomic E-state index is 5.43. The molecule has 0 aromatic heterocycles. The van der Waals surface area contributed by atoms with Crippen LogP contribution in [0, 0.1) is 0 Å². The second-order valence-corrected chi connectivity index (χ2v) is 5.63. The van der Waals surface area contributed by atoms with Gasteiger partial charge in [-0.15, -0.1) is 24.0 Å². The normalized spacial score (nSPS) is 9.61. The molecule has 0 radical (unpaired) electrons. The van der Waals surface area contributed by atoms with E-state index in [-0.39, 0.29) is 24.0 Å². The predicted octanol–water partition coefficient (Wildman–Crippen LogP) is 3.20. The van der Waals surface area contributed by atoms with Gasteiger partial charge in [0.25, 0.3) is 0 Å². The van der Waals surface area contributed by atoms with E-state index >= 15 is 0 Å². The summed E-state index contributed by atoms with van der Waals surface area (Å²) in [7, 11) is 8.27. The minimum Gasteiger partial charge on any atom is -0.497 e. The molecule has 0 saturated carbocycles. The number of nitrogens with zero attached hydrogens (tertiary/aromatic N) is 1. The van der Waals surface area contributed by atoms with Crippen LogP contribution in [0.25, 0.3) is 0 Å². The molecule has 0 fully saturated rings. The fraction of sp³-hybridized carbons (Fsp3) is 0.350. The van der Waals surface area contributed by atoms with E-state index < -0.39 is 0 Å². The molecule has 0 atom stereocenters. The lowest BCUT2D eigenvalue weighted by Crippen LogP contribution is -2.36. The van der Waals surface area contributed by atoms with E-state index in [9.17, 15) is 0 Å². The van der Waals surface area contributed by atoms with Crippen LogP contribution in [0.15, 0.2) is 41.4 Å². The van der Waals surface area contributed by atoms with Gasteiger partial charge < -0.3 is 29.6 Å². The molecule has 0 spiro atoms. The maximum Gasteiger partial charge on any atom is 0.191 e. The van der Waals surface area contributed by atoms with Gasteiger partial charge >= 0.3 is 0 Å². The number of rotatable bonds is 8. The summed E-state index contributed by atoms with van der Waals surface area (Å²) in [6, 6.07) is 11.4. The summed E-state index contributed by atoms with van der Waals surface area (Å²) in [5.74, 6) is 3.70. The molecule has 0 unspecified atom stereocenters. The lowest BCUT2D eigenvalue weighted by Gasteiger charge is -2.16. The summed E-state index contributed by atoms with van der Waals surface area (Å²) in [4.78, 5) is 4.26. The molecule has 0 aliphatic heterocycles. The molecular weight excluding hydrogens is 473 g/mol. The smallest absolute Gasteiger partial charge is 0.191 e. The average molecular weight is 501 g/mol. The third-order valence-corrected chi connectivity index (χ3v) is 4.10. The second-order valence-electron chi connectivity index (χ2n) is 5.63. The van der Waals surface area contributed by atoms with E-state index in [0.29, 0.717) is 19.0 Å². The van der Waals surface area contributed by atoms with Crippen molar-refractivity contribution in [2.24, 2.45) is 4.99 Å². The highest BCUT2D eigenvalue weighted by atomic mass is 127. The topological polar surface area (TPSA) is 73.3 Å². The Morgan fingerprint density at radius 2 is 1.18 bits per heavy atom. The van der Waals surface area contributed by atoms with Gasteiger partial charge in [0.2, 0.25) is 0 Å². The largest absolute Gasteiger partial charge is 0.497 e. The van der Waals surface area contributed by atoms with Crippen molar-refractivity contribution >= 4 is 29.9 Å². The predicted molar refractivity (Wildman–Crippen MR) is 122 cm³/mol. The average Bonchev–Trinajstić information content (AvgIpc) is 2.73. The Morgan fingerprint density at radius 1 is 0.750 bits per heavy atom. The first kappa shape index (κ1) is 23.7. The van der Waals surface area contributed by atoms with Crippen molar-refractivity contribution < 1.29 is 18.9 Å². The van der Waals surface area contributed by atoms with E-state index in [2.05, 4.69) is 15.6 Å². The molecule has 8 heteroatoms. The molecule has 7 nitrogen and oxygen atoms in total. The molecule has 2 aromatic rings. The molecule has 2 N–H and O–H groups in total. The number of methoxy groups -OCH3 is 4. The van der Waals surface area contributed by atoms with E-state index in [4.69, 9.17) is 18.9 Å². The first-order valence-electron chi connectivity index (χ1n) is 8.51. The van der Waals surface area contributed by atoms with Gasteiger partial charge in [0.1, 0.15) is 23.0 Å². The first-order valence-corrected chi connectivity index (χ1v) is 8.51. The minimum atomic E-state index is 0. The van der Waals surface area contributed by atoms with Gasteiger partial charge in [-0.2, -0.15) is 0 Å². The van der Waals surface area contributed by atoms with Crippen molar-refractivity contribution in [2.75, 3.05) is 35.5 Å². The zero-order chi connectivity index (χ0) is 19.6. The summed E-state index contributed by atoms with van der Waals surface area (Å²) in [5, 5.41) is 6.56. The van der Waals surface area contributed by atoms with Gasteiger partial charge in [0, 0.05) is 43.4 Å². The van der Waals surface area contributed by atoms with Crippen LogP contribution in [-0.4, -0.2) is 41.4 Å². The Morgan fingerprint density at radius 3 is 1.50 bits per heavy atom. The zero-order valence-corrected chi connectivity index (χ0v) is 19.2. The Bertz CT molecular complexity index is 723. The number of aliphatic imine (C=N–C) groups is 1. The maximum atomic E-state index is 5.43. The number of hydrogen-bond acceptors (Lipinski definition) is 5. The molecule has 0 heterocycles. The Hall–Kier alpha value is -2.36. The molecule has 2 aromatic carbocycles. The molecule has 2 rings (SSSR count). The molecule has 0 aliphatic rings. The van der Waals surface area contributed by atoms with Crippen molar-refractivity contribution in [1.29, 1.82) is 0 Å². The molecule has 0 aliphatic carbocycles. The van der Waals surface area contributed by atoms with Crippen molar-refractivity contribution in [1.82, 2.24) is 10.6 Å². The number of ether oxygens (including phenoxy) is 4. The molecule has 28 heavy (non-hydrogen) atoms. The van der Waals surface area contributed by atoms with Crippen LogP contribution in [0.4, 0.5) is 0 Å². The highest BCUT2D eigenvalue weighted by molar-refractivity contribution is 14.0. The van der Waals surface area contributed by atoms with E-state index in [1.807, 2.05) is 36.4 Å². The van der Waals surface area contributed by atoms with Crippen molar-refractivity contribution in [3.05, 3.63) is 47.5 Å². The zero-order valence-electron chi connectivity index (χ0n) is 16.9. The Kier molecular flexibility index (Phi) is 10.3. The fourth-order valence-electron chi connectivity index (χ4n) is 2.57. The second kappa shape index (κ2) is 12.2. The SMILES string of the molecule is CN=C(NCc1ccc(OC)cc1OC)NCc1ccc(OC)cc1OC.I. The molecular formula is C20H28IN3O4. The summed E-state index contributed by atoms with van der Waals surface area (Å²) in [5.41, 5.74) is 2.01. The third-order valence-electron chi connectivity index (χ3n) is 4.10. The van der Waals surface area contributed by atoms with E-state index in [1.54, 1.807) is 35.5 Å². The van der Waals surface area contributed by atoms with Crippen molar-refractivity contribution in [3.8, 4) is 23.0 Å². The number of nitrogens with one attached hydrogen (secondary N) is 2. The van der Waals surface area contributed by atoms with Crippen LogP contribution in [0.2, 0.25) is 0 Å². The van der Waals surface area contributed by atoms with Crippen LogP contribution in [-0.2, 0) is 13.1 Å². The Balaban J connectivity index is 0.00000392. The van der Waals surface area contributed by atoms with E-state index in [1.165, 1.54) is 0 Å². The minimum absolute atomic E-state index is 0. The highest BCUT2D eigenvalue weighted by Gasteiger charge is 2.08. The van der Waals surface area contributed by atoms with Gasteiger partial charge in [-0.05, 0) is 24.3 Å². The summed E-state index contributed by atoms with van der Waals surface area (Å²) < 4.78 is 21.3. The first-order chi connectivity index (χ1) is 13.1. The summed E-state index contributed by atoms with van der Waals surface area (Å²) in [6.07, 6.45) is 0. The quantitative estimate of drug-likeness (QED) is 0.329. The van der Waals surface area contributed by atoms with Gasteiger partial charge in [0.05, 0.1) is 28.4 Å². The third kappa shape index (κ3) is 6.36. The van der Waals surface area contributed by atoms with E-state index in [0.717, 1.165) is 34.1 Å². The molecule has 154 valence electrons. The van der Waals surface area contributed by atoms with Crippen LogP contribution < -0.4 is 29.6 Å². The molecule has 0 bridgehead atoms. The lowest BCUT2D eigenvalue weighted by molar-refractivity contribution is 0.390. The summed E-state index contributed by atoms with van der Waals surface area (Å²) in [6.45, 7) is 1.12. The highest BCUT2D eigenvalue weighted by Crippen LogP contribution is 2.25. The van der Waals surface area contributed by atoms with Crippen LogP contribution in [0.5, 0.6) is 23.0 Å². The number of halogens is 1. The lowest BCUT2D eigenvalue weighted by atomic mass is 10.2.